The predicted octanol–water partition coefficient (Wildman–Crippen LogP) is 2.62. The van der Waals surface area contributed by atoms with E-state index in [9.17, 15) is 9.36 Å². The summed E-state index contributed by atoms with van der Waals surface area (Å²) in [6.45, 7) is 4.92. The Bertz CT molecular complexity index is 611. The van der Waals surface area contributed by atoms with Crippen molar-refractivity contribution in [1.82, 2.24) is 5.09 Å². The van der Waals surface area contributed by atoms with Gasteiger partial charge in [0, 0.05) is 7.11 Å². The Labute approximate surface area is 129 Å². The van der Waals surface area contributed by atoms with Crippen molar-refractivity contribution in [3.63, 3.8) is 0 Å². The Balaban J connectivity index is 2.81. The molecule has 0 saturated carbocycles. The van der Waals surface area contributed by atoms with Gasteiger partial charge in [-0.3, -0.25) is 9.32 Å². The molecule has 7 nitrogen and oxygen atoms in total. The van der Waals surface area contributed by atoms with Gasteiger partial charge in [0.15, 0.2) is 0 Å². The van der Waals surface area contributed by atoms with Gasteiger partial charge in [0.25, 0.3) is 0 Å². The molecule has 0 bridgehead atoms. The van der Waals surface area contributed by atoms with E-state index in [4.69, 9.17) is 19.0 Å². The highest BCUT2D eigenvalue weighted by molar-refractivity contribution is 7.52. The van der Waals surface area contributed by atoms with Crippen molar-refractivity contribution in [2.24, 2.45) is 0 Å². The third kappa shape index (κ3) is 5.49. The molecule has 0 radical (unpaired) electrons. The van der Waals surface area contributed by atoms with Gasteiger partial charge in [0.1, 0.15) is 11.8 Å². The van der Waals surface area contributed by atoms with Crippen LogP contribution in [0.2, 0.25) is 0 Å². The van der Waals surface area contributed by atoms with Crippen LogP contribution in [0.1, 0.15) is 26.3 Å². The lowest BCUT2D eigenvalue weighted by Gasteiger charge is -2.21. The Morgan fingerprint density at radius 2 is 2.05 bits per heavy atom. The lowest BCUT2D eigenvalue weighted by atomic mass is 10.2. The zero-order chi connectivity index (χ0) is 16.8. The van der Waals surface area contributed by atoms with Gasteiger partial charge in [0.2, 0.25) is 0 Å². The van der Waals surface area contributed by atoms with Gasteiger partial charge in [-0.2, -0.15) is 10.3 Å². The van der Waals surface area contributed by atoms with Crippen molar-refractivity contribution in [2.45, 2.75) is 32.9 Å². The van der Waals surface area contributed by atoms with Gasteiger partial charge < -0.3 is 9.26 Å². The van der Waals surface area contributed by atoms with Crippen molar-refractivity contribution in [3.8, 4) is 11.8 Å². The summed E-state index contributed by atoms with van der Waals surface area (Å²) in [5.74, 6) is -0.372. The summed E-state index contributed by atoms with van der Waals surface area (Å²) in [6, 6.07) is 7.19. The van der Waals surface area contributed by atoms with Crippen LogP contribution in [-0.4, -0.2) is 25.2 Å². The molecule has 1 aromatic carbocycles. The average molecular weight is 326 g/mol. The highest BCUT2D eigenvalue weighted by Gasteiger charge is 2.31. The smallest absolute Gasteiger partial charge is 0.459 e. The SMILES string of the molecule is COP(=O)(NC(C)C(=O)OC(C)C)Oc1cccc(C#N)c1. The molecular weight excluding hydrogens is 307 g/mol. The third-order valence-corrected chi connectivity index (χ3v) is 4.12. The summed E-state index contributed by atoms with van der Waals surface area (Å²) in [7, 11) is -2.57. The van der Waals surface area contributed by atoms with Crippen molar-refractivity contribution in [2.75, 3.05) is 7.11 Å². The van der Waals surface area contributed by atoms with E-state index in [1.54, 1.807) is 26.0 Å². The number of hydrogen-bond donors (Lipinski definition) is 1. The van der Waals surface area contributed by atoms with E-state index in [1.807, 2.05) is 6.07 Å². The normalized spacial score (nSPS) is 14.7. The van der Waals surface area contributed by atoms with Crippen LogP contribution in [0.4, 0.5) is 0 Å². The van der Waals surface area contributed by atoms with Gasteiger partial charge in [-0.05, 0) is 39.0 Å². The van der Waals surface area contributed by atoms with Crippen LogP contribution in [0.5, 0.6) is 5.75 Å². The molecule has 0 amide bonds. The van der Waals surface area contributed by atoms with Crippen LogP contribution in [-0.2, 0) is 18.6 Å². The first kappa shape index (κ1) is 18.2. The molecule has 1 N–H and O–H groups in total. The molecule has 0 aliphatic carbocycles. The Kier molecular flexibility index (Phi) is 6.57. The van der Waals surface area contributed by atoms with E-state index >= 15 is 0 Å². The summed E-state index contributed by atoms with van der Waals surface area (Å²) >= 11 is 0. The topological polar surface area (TPSA) is 97.7 Å². The van der Waals surface area contributed by atoms with E-state index in [1.165, 1.54) is 26.2 Å². The first-order valence-electron chi connectivity index (χ1n) is 6.63. The molecule has 0 spiro atoms. The number of nitrogens with zero attached hydrogens (tertiary/aromatic N) is 1. The Morgan fingerprint density at radius 1 is 1.36 bits per heavy atom. The van der Waals surface area contributed by atoms with Crippen LogP contribution in [0, 0.1) is 11.3 Å². The van der Waals surface area contributed by atoms with Crippen molar-refractivity contribution in [3.05, 3.63) is 29.8 Å². The molecule has 1 rings (SSSR count). The second-order valence-corrected chi connectivity index (χ2v) is 6.55. The average Bonchev–Trinajstić information content (AvgIpc) is 2.46. The van der Waals surface area contributed by atoms with Gasteiger partial charge in [0.05, 0.1) is 17.7 Å². The fourth-order valence-corrected chi connectivity index (χ4v) is 2.71. The first-order valence-corrected chi connectivity index (χ1v) is 8.17. The number of hydrogen-bond acceptors (Lipinski definition) is 6. The quantitative estimate of drug-likeness (QED) is 0.607. The molecule has 22 heavy (non-hydrogen) atoms. The molecule has 0 aliphatic rings. The largest absolute Gasteiger partial charge is 0.462 e. The van der Waals surface area contributed by atoms with E-state index in [0.29, 0.717) is 5.56 Å². The van der Waals surface area contributed by atoms with Gasteiger partial charge in [-0.25, -0.2) is 4.57 Å². The molecule has 2 unspecified atom stereocenters. The van der Waals surface area contributed by atoms with Crippen molar-refractivity contribution >= 4 is 13.7 Å². The van der Waals surface area contributed by atoms with Crippen LogP contribution in [0.25, 0.3) is 0 Å². The fourth-order valence-electron chi connectivity index (χ4n) is 1.50. The fraction of sp³-hybridized carbons (Fsp3) is 0.429. The summed E-state index contributed by atoms with van der Waals surface area (Å²) in [5.41, 5.74) is 0.354. The number of nitriles is 1. The minimum atomic E-state index is -3.77. The summed E-state index contributed by atoms with van der Waals surface area (Å²) in [5, 5.41) is 11.3. The molecule has 2 atom stereocenters. The van der Waals surface area contributed by atoms with E-state index in [-0.39, 0.29) is 11.9 Å². The van der Waals surface area contributed by atoms with E-state index in [0.717, 1.165) is 0 Å². The second-order valence-electron chi connectivity index (χ2n) is 4.75. The van der Waals surface area contributed by atoms with Gasteiger partial charge in [-0.15, -0.1) is 0 Å². The maximum absolute atomic E-state index is 12.5. The molecule has 0 heterocycles. The third-order valence-electron chi connectivity index (χ3n) is 2.49. The molecule has 0 saturated heterocycles. The highest BCUT2D eigenvalue weighted by atomic mass is 31.2. The number of carbonyl (C=O) groups excluding carboxylic acids is 1. The standard InChI is InChI=1S/C14H19N2O5P/c1-10(2)20-14(17)11(3)16-22(18,19-4)21-13-7-5-6-12(8-13)9-15/h5-8,10-11H,1-4H3,(H,16,18). The van der Waals surface area contributed by atoms with Crippen LogP contribution < -0.4 is 9.61 Å². The lowest BCUT2D eigenvalue weighted by Crippen LogP contribution is -2.36. The minimum Gasteiger partial charge on any atom is -0.462 e. The zero-order valence-corrected chi connectivity index (χ0v) is 13.8. The maximum Gasteiger partial charge on any atom is 0.459 e. The van der Waals surface area contributed by atoms with E-state index < -0.39 is 19.8 Å². The predicted molar refractivity (Wildman–Crippen MR) is 80.2 cm³/mol. The monoisotopic (exact) mass is 326 g/mol. The van der Waals surface area contributed by atoms with Crippen LogP contribution in [0.15, 0.2) is 24.3 Å². The van der Waals surface area contributed by atoms with Crippen molar-refractivity contribution < 1.29 is 23.1 Å². The minimum absolute atomic E-state index is 0.196. The summed E-state index contributed by atoms with van der Waals surface area (Å²) < 4.78 is 27.7. The zero-order valence-electron chi connectivity index (χ0n) is 12.9. The maximum atomic E-state index is 12.5. The molecular formula is C14H19N2O5P. The number of esters is 1. The summed E-state index contributed by atoms with van der Waals surface area (Å²) in [4.78, 5) is 11.7. The lowest BCUT2D eigenvalue weighted by molar-refractivity contribution is -0.149. The molecule has 0 fully saturated rings. The van der Waals surface area contributed by atoms with Crippen molar-refractivity contribution in [1.29, 1.82) is 5.26 Å². The molecule has 0 aromatic heterocycles. The first-order chi connectivity index (χ1) is 10.3. The molecule has 1 aromatic rings. The number of ether oxygens (including phenoxy) is 1. The van der Waals surface area contributed by atoms with Crippen LogP contribution >= 0.6 is 7.75 Å². The number of rotatable bonds is 7. The second kappa shape index (κ2) is 7.95. The Hall–Kier alpha value is -1.87. The van der Waals surface area contributed by atoms with Crippen LogP contribution in [0.3, 0.4) is 0 Å². The molecule has 8 heteroatoms. The number of nitrogens with one attached hydrogen (secondary N) is 1. The number of benzene rings is 1. The Morgan fingerprint density at radius 3 is 2.59 bits per heavy atom. The van der Waals surface area contributed by atoms with Gasteiger partial charge >= 0.3 is 13.7 Å². The van der Waals surface area contributed by atoms with E-state index in [2.05, 4.69) is 5.09 Å². The van der Waals surface area contributed by atoms with Gasteiger partial charge in [-0.1, -0.05) is 6.07 Å². The summed E-state index contributed by atoms with van der Waals surface area (Å²) in [6.07, 6.45) is -0.285. The molecule has 0 aliphatic heterocycles. The number of carbonyl (C=O) groups is 1. The molecule has 120 valence electrons. The highest BCUT2D eigenvalue weighted by Crippen LogP contribution is 2.44.